The fraction of sp³-hybridized carbons (Fsp3) is 0.167. The zero-order valence-corrected chi connectivity index (χ0v) is 14.4. The van der Waals surface area contributed by atoms with E-state index in [4.69, 9.17) is 0 Å². The third-order valence-electron chi connectivity index (χ3n) is 4.18. The molecule has 0 aliphatic rings. The lowest BCUT2D eigenvalue weighted by Crippen LogP contribution is -1.86. The van der Waals surface area contributed by atoms with Crippen molar-refractivity contribution in [2.24, 2.45) is 0 Å². The number of rotatable bonds is 4. The molecule has 0 aromatic heterocycles. The Morgan fingerprint density at radius 3 is 2.16 bits per heavy atom. The molecule has 0 radical (unpaired) electrons. The number of halogens is 1. The second-order valence-electron chi connectivity index (χ2n) is 6.11. The van der Waals surface area contributed by atoms with E-state index in [0.29, 0.717) is 11.1 Å². The topological polar surface area (TPSA) is 0 Å². The van der Waals surface area contributed by atoms with Crippen molar-refractivity contribution in [2.45, 2.75) is 26.2 Å². The van der Waals surface area contributed by atoms with Crippen molar-refractivity contribution in [3.05, 3.63) is 95.3 Å². The molecule has 0 aliphatic carbocycles. The molecular weight excluding hydrogens is 307 g/mol. The highest BCUT2D eigenvalue weighted by atomic mass is 19.1. The van der Waals surface area contributed by atoms with Gasteiger partial charge in [0, 0.05) is 16.7 Å². The van der Waals surface area contributed by atoms with Gasteiger partial charge in [0.05, 0.1) is 0 Å². The Bertz CT molecular complexity index is 881. The van der Waals surface area contributed by atoms with Crippen LogP contribution < -0.4 is 0 Å². The van der Waals surface area contributed by atoms with Gasteiger partial charge in [-0.15, -0.1) is 0 Å². The van der Waals surface area contributed by atoms with Crippen LogP contribution in [0.2, 0.25) is 0 Å². The van der Waals surface area contributed by atoms with Crippen LogP contribution in [0.1, 0.15) is 36.5 Å². The van der Waals surface area contributed by atoms with E-state index in [9.17, 15) is 4.39 Å². The molecule has 0 amide bonds. The van der Waals surface area contributed by atoms with Gasteiger partial charge in [0.15, 0.2) is 0 Å². The van der Waals surface area contributed by atoms with E-state index in [0.717, 1.165) is 17.5 Å². The molecule has 0 unspecified atom stereocenters. The average Bonchev–Trinajstić information content (AvgIpc) is 2.66. The van der Waals surface area contributed by atoms with E-state index in [-0.39, 0.29) is 5.82 Å². The van der Waals surface area contributed by atoms with E-state index in [2.05, 4.69) is 30.9 Å². The summed E-state index contributed by atoms with van der Waals surface area (Å²) in [7, 11) is 0. The highest BCUT2D eigenvalue weighted by Gasteiger charge is 2.04. The molecule has 0 saturated heterocycles. The van der Waals surface area contributed by atoms with Gasteiger partial charge in [-0.25, -0.2) is 4.39 Å². The van der Waals surface area contributed by atoms with Gasteiger partial charge in [-0.3, -0.25) is 0 Å². The van der Waals surface area contributed by atoms with Gasteiger partial charge in [-0.1, -0.05) is 73.7 Å². The van der Waals surface area contributed by atoms with Gasteiger partial charge in [-0.2, -0.15) is 0 Å². The standard InChI is InChI=1S/C24H21F/c1-2-3-7-19-10-12-20(13-11-19)14-15-21-16-17-23(24(25)18-21)22-8-5-4-6-9-22/h4-6,8-13,16-18H,2-3,7H2,1H3. The first-order chi connectivity index (χ1) is 12.3. The number of hydrogen-bond donors (Lipinski definition) is 0. The van der Waals surface area contributed by atoms with Crippen LogP contribution >= 0.6 is 0 Å². The minimum atomic E-state index is -0.243. The van der Waals surface area contributed by atoms with Gasteiger partial charge in [0.2, 0.25) is 0 Å². The molecule has 0 spiro atoms. The summed E-state index contributed by atoms with van der Waals surface area (Å²) in [5, 5.41) is 0. The van der Waals surface area contributed by atoms with Crippen LogP contribution in [0.5, 0.6) is 0 Å². The van der Waals surface area contributed by atoms with Crippen molar-refractivity contribution in [1.82, 2.24) is 0 Å². The summed E-state index contributed by atoms with van der Waals surface area (Å²) in [6.07, 6.45) is 3.51. The van der Waals surface area contributed by atoms with Crippen LogP contribution in [0.4, 0.5) is 4.39 Å². The van der Waals surface area contributed by atoms with Crippen molar-refractivity contribution in [3.63, 3.8) is 0 Å². The van der Waals surface area contributed by atoms with Crippen LogP contribution in [0.3, 0.4) is 0 Å². The molecule has 0 aliphatic heterocycles. The highest BCUT2D eigenvalue weighted by molar-refractivity contribution is 5.65. The summed E-state index contributed by atoms with van der Waals surface area (Å²) in [4.78, 5) is 0. The first kappa shape index (κ1) is 17.0. The maximum Gasteiger partial charge on any atom is 0.132 e. The second kappa shape index (κ2) is 8.31. The summed E-state index contributed by atoms with van der Waals surface area (Å²) >= 11 is 0. The Morgan fingerprint density at radius 2 is 1.48 bits per heavy atom. The maximum atomic E-state index is 14.4. The first-order valence-electron chi connectivity index (χ1n) is 8.72. The summed E-state index contributed by atoms with van der Waals surface area (Å²) < 4.78 is 14.4. The largest absolute Gasteiger partial charge is 0.206 e. The zero-order valence-electron chi connectivity index (χ0n) is 14.4. The van der Waals surface area contributed by atoms with E-state index in [1.807, 2.05) is 48.5 Å². The number of hydrogen-bond acceptors (Lipinski definition) is 0. The van der Waals surface area contributed by atoms with Gasteiger partial charge < -0.3 is 0 Å². The third-order valence-corrected chi connectivity index (χ3v) is 4.18. The number of aryl methyl sites for hydroxylation is 1. The van der Waals surface area contributed by atoms with E-state index in [1.165, 1.54) is 24.5 Å². The molecule has 124 valence electrons. The molecule has 0 fully saturated rings. The van der Waals surface area contributed by atoms with Crippen LogP contribution in [-0.4, -0.2) is 0 Å². The van der Waals surface area contributed by atoms with Crippen LogP contribution in [-0.2, 0) is 6.42 Å². The van der Waals surface area contributed by atoms with Gasteiger partial charge in [0.25, 0.3) is 0 Å². The van der Waals surface area contributed by atoms with Crippen molar-refractivity contribution >= 4 is 0 Å². The van der Waals surface area contributed by atoms with Crippen molar-refractivity contribution in [2.75, 3.05) is 0 Å². The lowest BCUT2D eigenvalue weighted by molar-refractivity contribution is 0.631. The van der Waals surface area contributed by atoms with E-state index >= 15 is 0 Å². The SMILES string of the molecule is CCCCc1ccc(C#Cc2ccc(-c3ccccc3)c(F)c2)cc1. The summed E-state index contributed by atoms with van der Waals surface area (Å²) in [5.74, 6) is 5.92. The van der Waals surface area contributed by atoms with Gasteiger partial charge >= 0.3 is 0 Å². The van der Waals surface area contributed by atoms with Crippen molar-refractivity contribution < 1.29 is 4.39 Å². The first-order valence-corrected chi connectivity index (χ1v) is 8.72. The minimum absolute atomic E-state index is 0.243. The van der Waals surface area contributed by atoms with Crippen molar-refractivity contribution in [1.29, 1.82) is 0 Å². The molecule has 3 aromatic rings. The van der Waals surface area contributed by atoms with E-state index in [1.54, 1.807) is 6.07 Å². The molecule has 0 bridgehead atoms. The maximum absolute atomic E-state index is 14.4. The Morgan fingerprint density at radius 1 is 0.800 bits per heavy atom. The molecule has 25 heavy (non-hydrogen) atoms. The van der Waals surface area contributed by atoms with Gasteiger partial charge in [-0.05, 0) is 48.2 Å². The Balaban J connectivity index is 1.76. The lowest BCUT2D eigenvalue weighted by atomic mass is 10.0. The predicted octanol–water partition coefficient (Wildman–Crippen LogP) is 6.24. The van der Waals surface area contributed by atoms with Crippen molar-refractivity contribution in [3.8, 4) is 23.0 Å². The average molecular weight is 328 g/mol. The number of unbranched alkanes of at least 4 members (excludes halogenated alkanes) is 1. The second-order valence-corrected chi connectivity index (χ2v) is 6.11. The molecule has 0 heterocycles. The summed E-state index contributed by atoms with van der Waals surface area (Å²) in [6, 6.07) is 23.0. The fourth-order valence-electron chi connectivity index (χ4n) is 2.72. The molecule has 3 aromatic carbocycles. The van der Waals surface area contributed by atoms with E-state index < -0.39 is 0 Å². The molecule has 0 N–H and O–H groups in total. The lowest BCUT2D eigenvalue weighted by Gasteiger charge is -2.03. The molecule has 0 nitrogen and oxygen atoms in total. The highest BCUT2D eigenvalue weighted by Crippen LogP contribution is 2.23. The minimum Gasteiger partial charge on any atom is -0.206 e. The molecular formula is C24H21F. The predicted molar refractivity (Wildman–Crippen MR) is 103 cm³/mol. The zero-order chi connectivity index (χ0) is 17.5. The molecule has 1 heteroatoms. The normalized spacial score (nSPS) is 10.2. The van der Waals surface area contributed by atoms with Crippen LogP contribution in [0.25, 0.3) is 11.1 Å². The molecule has 3 rings (SSSR count). The van der Waals surface area contributed by atoms with Gasteiger partial charge in [0.1, 0.15) is 5.82 Å². The smallest absolute Gasteiger partial charge is 0.132 e. The third kappa shape index (κ3) is 4.58. The summed E-state index contributed by atoms with van der Waals surface area (Å²) in [6.45, 7) is 2.20. The Hall–Kier alpha value is -2.85. The number of benzene rings is 3. The fourth-order valence-corrected chi connectivity index (χ4v) is 2.72. The Kier molecular flexibility index (Phi) is 5.65. The van der Waals surface area contributed by atoms with Crippen LogP contribution in [0, 0.1) is 17.7 Å². The monoisotopic (exact) mass is 328 g/mol. The Labute approximate surface area is 149 Å². The molecule has 0 saturated carbocycles. The van der Waals surface area contributed by atoms with Crippen LogP contribution in [0.15, 0.2) is 72.8 Å². The molecule has 0 atom stereocenters. The summed E-state index contributed by atoms with van der Waals surface area (Å²) in [5.41, 5.74) is 4.46. The quantitative estimate of drug-likeness (QED) is 0.498.